The Kier molecular flexibility index (Phi) is 7.34. The van der Waals surface area contributed by atoms with Gasteiger partial charge in [-0.1, -0.05) is 23.8 Å². The lowest BCUT2D eigenvalue weighted by Crippen LogP contribution is -2.27. The van der Waals surface area contributed by atoms with Crippen molar-refractivity contribution in [2.45, 2.75) is 43.9 Å². The van der Waals surface area contributed by atoms with Gasteiger partial charge in [-0.05, 0) is 30.2 Å². The number of nitrogens with zero attached hydrogens (tertiary/aromatic N) is 1. The van der Waals surface area contributed by atoms with Crippen LogP contribution in [0, 0.1) is 11.8 Å². The minimum absolute atomic E-state index is 0.0661. The summed E-state index contributed by atoms with van der Waals surface area (Å²) in [6.07, 6.45) is 4.26. The highest BCUT2D eigenvalue weighted by Gasteiger charge is 2.45. The summed E-state index contributed by atoms with van der Waals surface area (Å²) in [7, 11) is 0. The highest BCUT2D eigenvalue weighted by molar-refractivity contribution is 7.14. The van der Waals surface area contributed by atoms with E-state index >= 15 is 0 Å². The van der Waals surface area contributed by atoms with Crippen LogP contribution in [-0.4, -0.2) is 58.5 Å². The molecule has 0 aromatic carbocycles. The molecule has 4 N–H and O–H groups in total. The molecule has 7 nitrogen and oxygen atoms in total. The fraction of sp³-hybridized carbons (Fsp3) is 0.579. The van der Waals surface area contributed by atoms with Crippen molar-refractivity contribution in [3.8, 4) is 5.75 Å². The van der Waals surface area contributed by atoms with E-state index in [2.05, 4.69) is 10.3 Å². The molecule has 3 rings (SSSR count). The van der Waals surface area contributed by atoms with Gasteiger partial charge in [-0.15, -0.1) is 11.3 Å². The largest absolute Gasteiger partial charge is 0.488 e. The Balaban J connectivity index is 1.49. The average molecular weight is 429 g/mol. The zero-order valence-corrected chi connectivity index (χ0v) is 16.9. The first-order chi connectivity index (χ1) is 13.4. The quantitative estimate of drug-likeness (QED) is 0.355. The van der Waals surface area contributed by atoms with Crippen molar-refractivity contribution in [2.24, 2.45) is 16.8 Å². The molecule has 1 saturated heterocycles. The Morgan fingerprint density at radius 3 is 3.07 bits per heavy atom. The van der Waals surface area contributed by atoms with Crippen LogP contribution in [0.2, 0.25) is 4.34 Å². The molecular formula is C19H25ClN2O5S. The van der Waals surface area contributed by atoms with Crippen molar-refractivity contribution < 1.29 is 24.9 Å². The lowest BCUT2D eigenvalue weighted by molar-refractivity contribution is -0.137. The molecule has 1 aromatic heterocycles. The van der Waals surface area contributed by atoms with Crippen LogP contribution in [0.5, 0.6) is 5.75 Å². The summed E-state index contributed by atoms with van der Waals surface area (Å²) < 4.78 is 6.05. The van der Waals surface area contributed by atoms with Crippen LogP contribution in [-0.2, 0) is 4.79 Å². The van der Waals surface area contributed by atoms with E-state index in [9.17, 15) is 15.0 Å². The molecule has 1 aliphatic heterocycles. The van der Waals surface area contributed by atoms with Gasteiger partial charge in [-0.2, -0.15) is 0 Å². The van der Waals surface area contributed by atoms with Gasteiger partial charge in [0.2, 0.25) is 0 Å². The summed E-state index contributed by atoms with van der Waals surface area (Å²) >= 11 is 7.34. The molecule has 2 heterocycles. The Bertz CT molecular complexity index is 738. The molecule has 1 aliphatic carbocycles. The van der Waals surface area contributed by atoms with Gasteiger partial charge >= 0.3 is 5.97 Å². The molecule has 5 unspecified atom stereocenters. The molecule has 2 fully saturated rings. The van der Waals surface area contributed by atoms with Crippen molar-refractivity contribution in [3.05, 3.63) is 27.9 Å². The number of aliphatic imine (C=N–C) groups is 1. The number of rotatable bonds is 9. The summed E-state index contributed by atoms with van der Waals surface area (Å²) in [6, 6.07) is 1.91. The number of fused-ring (bicyclic) bond motifs is 1. The fourth-order valence-electron chi connectivity index (χ4n) is 3.78. The molecule has 0 bridgehead atoms. The van der Waals surface area contributed by atoms with Crippen LogP contribution in [0.4, 0.5) is 0 Å². The number of halogens is 1. The van der Waals surface area contributed by atoms with E-state index in [0.717, 1.165) is 12.3 Å². The summed E-state index contributed by atoms with van der Waals surface area (Å²) in [6.45, 7) is 0.580. The summed E-state index contributed by atoms with van der Waals surface area (Å²) in [5.74, 6) is 0.770. The molecule has 2 aliphatic rings. The van der Waals surface area contributed by atoms with Crippen LogP contribution in [0.15, 0.2) is 28.6 Å². The first-order valence-electron chi connectivity index (χ1n) is 9.36. The van der Waals surface area contributed by atoms with Gasteiger partial charge in [0.15, 0.2) is 0 Å². The molecule has 1 aromatic rings. The molecule has 9 heteroatoms. The predicted molar refractivity (Wildman–Crippen MR) is 108 cm³/mol. The Morgan fingerprint density at radius 2 is 2.36 bits per heavy atom. The number of carboxylic acid groups (broad SMARTS) is 1. The number of aliphatic hydroxyl groups is 2. The predicted octanol–water partition coefficient (Wildman–Crippen LogP) is 2.32. The van der Waals surface area contributed by atoms with Gasteiger partial charge < -0.3 is 25.4 Å². The monoisotopic (exact) mass is 428 g/mol. The summed E-state index contributed by atoms with van der Waals surface area (Å²) in [5, 5.41) is 34.4. The fourth-order valence-corrected chi connectivity index (χ4v) is 4.61. The van der Waals surface area contributed by atoms with Crippen molar-refractivity contribution in [2.75, 3.05) is 13.2 Å². The smallest absolute Gasteiger partial charge is 0.303 e. The minimum Gasteiger partial charge on any atom is -0.488 e. The van der Waals surface area contributed by atoms with Gasteiger partial charge in [0, 0.05) is 31.3 Å². The number of hydrogen-bond acceptors (Lipinski definition) is 6. The van der Waals surface area contributed by atoms with E-state index < -0.39 is 18.2 Å². The first-order valence-corrected chi connectivity index (χ1v) is 10.6. The topological polar surface area (TPSA) is 111 Å². The molecule has 5 atom stereocenters. The normalized spacial score (nSPS) is 29.2. The molecule has 0 amide bonds. The summed E-state index contributed by atoms with van der Waals surface area (Å²) in [5.41, 5.74) is 0. The lowest BCUT2D eigenvalue weighted by atomic mass is 9.91. The van der Waals surface area contributed by atoms with Gasteiger partial charge in [-0.3, -0.25) is 9.79 Å². The van der Waals surface area contributed by atoms with E-state index in [1.807, 2.05) is 11.5 Å². The van der Waals surface area contributed by atoms with Gasteiger partial charge in [0.05, 0.1) is 11.9 Å². The number of aliphatic hydroxyl groups excluding tert-OH is 2. The van der Waals surface area contributed by atoms with Crippen LogP contribution < -0.4 is 10.1 Å². The van der Waals surface area contributed by atoms with Crippen LogP contribution in [0.3, 0.4) is 0 Å². The number of carbonyl (C=O) groups is 1. The minimum atomic E-state index is -0.811. The molecule has 0 radical (unpaired) electrons. The number of ether oxygens (including phenoxy) is 1. The van der Waals surface area contributed by atoms with Crippen LogP contribution >= 0.6 is 22.9 Å². The van der Waals surface area contributed by atoms with Crippen LogP contribution in [0.25, 0.3) is 0 Å². The van der Waals surface area contributed by atoms with Crippen molar-refractivity contribution in [1.82, 2.24) is 5.32 Å². The zero-order valence-electron chi connectivity index (χ0n) is 15.3. The SMILES string of the molecule is O=C(O)CCCN=C1CC2C(CC(O)C2C=CC(O)COc2ccsc2Cl)N1. The highest BCUT2D eigenvalue weighted by Crippen LogP contribution is 2.39. The van der Waals surface area contributed by atoms with E-state index in [1.54, 1.807) is 12.1 Å². The standard InChI is InChI=1S/C19H25ClN2O5S/c20-19-16(5-7-28-19)27-10-11(23)3-4-12-13-8-17(21-6-1-2-18(25)26)22-14(13)9-15(12)24/h3-5,7,11-15,23-24H,1-2,6,8-10H2,(H,21,22)(H,25,26). The molecule has 28 heavy (non-hydrogen) atoms. The molecular weight excluding hydrogens is 404 g/mol. The second-order valence-corrected chi connectivity index (χ2v) is 8.66. The molecule has 0 spiro atoms. The maximum absolute atomic E-state index is 10.6. The van der Waals surface area contributed by atoms with E-state index in [0.29, 0.717) is 29.5 Å². The number of thiophene rings is 1. The average Bonchev–Trinajstić information content (AvgIpc) is 3.30. The molecule has 1 saturated carbocycles. The number of amidine groups is 1. The third kappa shape index (κ3) is 5.47. The zero-order chi connectivity index (χ0) is 20.1. The number of aliphatic carboxylic acids is 1. The Hall–Kier alpha value is -1.61. The third-order valence-corrected chi connectivity index (χ3v) is 6.27. The van der Waals surface area contributed by atoms with E-state index in [-0.39, 0.29) is 30.9 Å². The van der Waals surface area contributed by atoms with Gasteiger partial charge in [-0.25, -0.2) is 0 Å². The van der Waals surface area contributed by atoms with Gasteiger partial charge in [0.1, 0.15) is 22.8 Å². The first kappa shape index (κ1) is 21.1. The van der Waals surface area contributed by atoms with Crippen LogP contribution in [0.1, 0.15) is 25.7 Å². The van der Waals surface area contributed by atoms with E-state index in [1.165, 1.54) is 11.3 Å². The second kappa shape index (κ2) is 9.73. The van der Waals surface area contributed by atoms with Crippen molar-refractivity contribution in [1.29, 1.82) is 0 Å². The Morgan fingerprint density at radius 1 is 1.54 bits per heavy atom. The Labute approximate surface area is 172 Å². The summed E-state index contributed by atoms with van der Waals surface area (Å²) in [4.78, 5) is 15.0. The van der Waals surface area contributed by atoms with Gasteiger partial charge in [0.25, 0.3) is 0 Å². The number of nitrogens with one attached hydrogen (secondary N) is 1. The number of carboxylic acids is 1. The van der Waals surface area contributed by atoms with E-state index in [4.69, 9.17) is 21.4 Å². The third-order valence-electron chi connectivity index (χ3n) is 5.13. The lowest BCUT2D eigenvalue weighted by Gasteiger charge is -2.16. The maximum atomic E-state index is 10.6. The van der Waals surface area contributed by atoms with Crippen molar-refractivity contribution >= 4 is 34.7 Å². The molecule has 154 valence electrons. The highest BCUT2D eigenvalue weighted by atomic mass is 35.5. The van der Waals surface area contributed by atoms with Crippen molar-refractivity contribution in [3.63, 3.8) is 0 Å². The maximum Gasteiger partial charge on any atom is 0.303 e. The number of hydrogen-bond donors (Lipinski definition) is 4. The second-order valence-electron chi connectivity index (χ2n) is 7.15.